The van der Waals surface area contributed by atoms with Crippen molar-refractivity contribution in [2.45, 2.75) is 19.4 Å². The molecule has 6 heteroatoms. The SMILES string of the molecule is CNc1cc(C(=O)N2CCC(C)C2CO)cc(Cl)n1. The third kappa shape index (κ3) is 2.82. The van der Waals surface area contributed by atoms with Gasteiger partial charge >= 0.3 is 0 Å². The van der Waals surface area contributed by atoms with Crippen LogP contribution in [0.25, 0.3) is 0 Å². The molecule has 5 nitrogen and oxygen atoms in total. The van der Waals surface area contributed by atoms with Crippen LogP contribution in [0.5, 0.6) is 0 Å². The van der Waals surface area contributed by atoms with Crippen molar-refractivity contribution in [3.63, 3.8) is 0 Å². The number of likely N-dealkylation sites (tertiary alicyclic amines) is 1. The van der Waals surface area contributed by atoms with E-state index in [0.29, 0.717) is 23.8 Å². The van der Waals surface area contributed by atoms with Crippen LogP contribution in [-0.2, 0) is 0 Å². The van der Waals surface area contributed by atoms with Gasteiger partial charge in [0.2, 0.25) is 0 Å². The number of aromatic nitrogens is 1. The van der Waals surface area contributed by atoms with Crippen LogP contribution in [0.2, 0.25) is 5.15 Å². The lowest BCUT2D eigenvalue weighted by Crippen LogP contribution is -2.39. The topological polar surface area (TPSA) is 65.5 Å². The van der Waals surface area contributed by atoms with E-state index < -0.39 is 0 Å². The predicted octanol–water partition coefficient (Wildman–Crippen LogP) is 1.62. The van der Waals surface area contributed by atoms with E-state index in [1.54, 1.807) is 24.1 Å². The van der Waals surface area contributed by atoms with E-state index in [1.807, 2.05) is 6.92 Å². The maximum Gasteiger partial charge on any atom is 0.254 e. The summed E-state index contributed by atoms with van der Waals surface area (Å²) in [6.07, 6.45) is 0.911. The zero-order valence-electron chi connectivity index (χ0n) is 11.1. The highest BCUT2D eigenvalue weighted by molar-refractivity contribution is 6.29. The molecular weight excluding hydrogens is 266 g/mol. The molecule has 1 aliphatic rings. The van der Waals surface area contributed by atoms with Gasteiger partial charge in [-0.15, -0.1) is 0 Å². The van der Waals surface area contributed by atoms with Crippen LogP contribution in [0.3, 0.4) is 0 Å². The molecule has 1 aliphatic heterocycles. The molecule has 1 aromatic rings. The molecule has 1 amide bonds. The molecule has 104 valence electrons. The van der Waals surface area contributed by atoms with Gasteiger partial charge in [-0.3, -0.25) is 4.79 Å². The van der Waals surface area contributed by atoms with Crippen molar-refractivity contribution >= 4 is 23.3 Å². The van der Waals surface area contributed by atoms with E-state index in [4.69, 9.17) is 11.6 Å². The second-order valence-corrected chi connectivity index (χ2v) is 5.22. The number of hydrogen-bond acceptors (Lipinski definition) is 4. The monoisotopic (exact) mass is 283 g/mol. The van der Waals surface area contributed by atoms with Crippen molar-refractivity contribution in [3.05, 3.63) is 22.8 Å². The molecule has 0 spiro atoms. The molecule has 2 N–H and O–H groups in total. The number of hydrogen-bond donors (Lipinski definition) is 2. The number of aliphatic hydroxyl groups is 1. The lowest BCUT2D eigenvalue weighted by molar-refractivity contribution is 0.0648. The molecule has 0 saturated carbocycles. The maximum absolute atomic E-state index is 12.5. The molecular formula is C13H18ClN3O2. The van der Waals surface area contributed by atoms with E-state index in [2.05, 4.69) is 10.3 Å². The van der Waals surface area contributed by atoms with Crippen LogP contribution >= 0.6 is 11.6 Å². The van der Waals surface area contributed by atoms with Gasteiger partial charge in [-0.2, -0.15) is 0 Å². The maximum atomic E-state index is 12.5. The first-order valence-corrected chi connectivity index (χ1v) is 6.71. The molecule has 2 rings (SSSR count). The Morgan fingerprint density at radius 3 is 3.00 bits per heavy atom. The summed E-state index contributed by atoms with van der Waals surface area (Å²) in [5, 5.41) is 12.6. The van der Waals surface area contributed by atoms with Gasteiger partial charge in [-0.25, -0.2) is 4.98 Å². The fourth-order valence-corrected chi connectivity index (χ4v) is 2.66. The number of anilines is 1. The van der Waals surface area contributed by atoms with Gasteiger partial charge < -0.3 is 15.3 Å². The Morgan fingerprint density at radius 2 is 2.37 bits per heavy atom. The minimum absolute atomic E-state index is 0.00932. The van der Waals surface area contributed by atoms with Crippen molar-refractivity contribution in [3.8, 4) is 0 Å². The standard InChI is InChI=1S/C13H18ClN3O2/c1-8-3-4-17(10(8)7-18)13(19)9-5-11(14)16-12(6-9)15-2/h5-6,8,10,18H,3-4,7H2,1-2H3,(H,15,16). The molecule has 0 aromatic carbocycles. The zero-order chi connectivity index (χ0) is 14.0. The Balaban J connectivity index is 2.26. The molecule has 2 unspecified atom stereocenters. The van der Waals surface area contributed by atoms with E-state index in [1.165, 1.54) is 0 Å². The van der Waals surface area contributed by atoms with Crippen LogP contribution < -0.4 is 5.32 Å². The molecule has 2 heterocycles. The molecule has 0 radical (unpaired) electrons. The first kappa shape index (κ1) is 14.1. The van der Waals surface area contributed by atoms with Crippen LogP contribution in [0.4, 0.5) is 5.82 Å². The van der Waals surface area contributed by atoms with Crippen molar-refractivity contribution in [2.75, 3.05) is 25.5 Å². The average molecular weight is 284 g/mol. The summed E-state index contributed by atoms with van der Waals surface area (Å²) >= 11 is 5.91. The van der Waals surface area contributed by atoms with E-state index in [9.17, 15) is 9.90 Å². The number of amides is 1. The van der Waals surface area contributed by atoms with Crippen molar-refractivity contribution in [1.82, 2.24) is 9.88 Å². The van der Waals surface area contributed by atoms with Crippen LogP contribution in [0, 0.1) is 5.92 Å². The van der Waals surface area contributed by atoms with Gasteiger partial charge in [0.15, 0.2) is 0 Å². The van der Waals surface area contributed by atoms with Crippen molar-refractivity contribution in [2.24, 2.45) is 5.92 Å². The summed E-state index contributed by atoms with van der Waals surface area (Å²) < 4.78 is 0. The molecule has 1 fully saturated rings. The molecule has 0 bridgehead atoms. The number of carbonyl (C=O) groups excluding carboxylic acids is 1. The van der Waals surface area contributed by atoms with E-state index in [-0.39, 0.29) is 23.7 Å². The van der Waals surface area contributed by atoms with Crippen LogP contribution in [0.15, 0.2) is 12.1 Å². The van der Waals surface area contributed by atoms with Crippen molar-refractivity contribution < 1.29 is 9.90 Å². The lowest BCUT2D eigenvalue weighted by Gasteiger charge is -2.25. The van der Waals surface area contributed by atoms with Gasteiger partial charge in [0.05, 0.1) is 12.6 Å². The van der Waals surface area contributed by atoms with Crippen molar-refractivity contribution in [1.29, 1.82) is 0 Å². The molecule has 19 heavy (non-hydrogen) atoms. The quantitative estimate of drug-likeness (QED) is 0.828. The van der Waals surface area contributed by atoms with Gasteiger partial charge in [-0.1, -0.05) is 18.5 Å². The van der Waals surface area contributed by atoms with Gasteiger partial charge in [-0.05, 0) is 24.5 Å². The summed E-state index contributed by atoms with van der Waals surface area (Å²) in [6, 6.07) is 3.12. The number of aliphatic hydroxyl groups excluding tert-OH is 1. The van der Waals surface area contributed by atoms with E-state index in [0.717, 1.165) is 6.42 Å². The molecule has 0 aliphatic carbocycles. The number of rotatable bonds is 3. The fourth-order valence-electron chi connectivity index (χ4n) is 2.45. The van der Waals surface area contributed by atoms with E-state index >= 15 is 0 Å². The smallest absolute Gasteiger partial charge is 0.254 e. The van der Waals surface area contributed by atoms with Crippen LogP contribution in [-0.4, -0.2) is 47.1 Å². The summed E-state index contributed by atoms with van der Waals surface area (Å²) in [5.41, 5.74) is 0.497. The second kappa shape index (κ2) is 5.75. The minimum atomic E-state index is -0.113. The van der Waals surface area contributed by atoms with Crippen LogP contribution in [0.1, 0.15) is 23.7 Å². The third-order valence-corrected chi connectivity index (χ3v) is 3.82. The minimum Gasteiger partial charge on any atom is -0.394 e. The number of carbonyl (C=O) groups is 1. The number of pyridine rings is 1. The summed E-state index contributed by atoms with van der Waals surface area (Å²) in [6.45, 7) is 2.71. The first-order chi connectivity index (χ1) is 9.06. The Bertz CT molecular complexity index is 481. The number of nitrogens with zero attached hydrogens (tertiary/aromatic N) is 2. The Labute approximate surface area is 117 Å². The zero-order valence-corrected chi connectivity index (χ0v) is 11.8. The number of halogens is 1. The lowest BCUT2D eigenvalue weighted by atomic mass is 10.0. The summed E-state index contributed by atoms with van der Waals surface area (Å²) in [5.74, 6) is 0.767. The summed E-state index contributed by atoms with van der Waals surface area (Å²) in [4.78, 5) is 18.3. The highest BCUT2D eigenvalue weighted by atomic mass is 35.5. The molecule has 1 aromatic heterocycles. The van der Waals surface area contributed by atoms with Gasteiger partial charge in [0, 0.05) is 19.2 Å². The summed E-state index contributed by atoms with van der Waals surface area (Å²) in [7, 11) is 1.72. The fraction of sp³-hybridized carbons (Fsp3) is 0.538. The highest BCUT2D eigenvalue weighted by Gasteiger charge is 2.34. The Kier molecular flexibility index (Phi) is 4.27. The third-order valence-electron chi connectivity index (χ3n) is 3.63. The normalized spacial score (nSPS) is 22.6. The Hall–Kier alpha value is -1.33. The highest BCUT2D eigenvalue weighted by Crippen LogP contribution is 2.26. The largest absolute Gasteiger partial charge is 0.394 e. The molecule has 2 atom stereocenters. The predicted molar refractivity (Wildman–Crippen MR) is 74.5 cm³/mol. The molecule has 1 saturated heterocycles. The first-order valence-electron chi connectivity index (χ1n) is 6.34. The number of nitrogens with one attached hydrogen (secondary N) is 1. The second-order valence-electron chi connectivity index (χ2n) is 4.83. The van der Waals surface area contributed by atoms with Gasteiger partial charge in [0.1, 0.15) is 11.0 Å². The Morgan fingerprint density at radius 1 is 1.63 bits per heavy atom. The van der Waals surface area contributed by atoms with Gasteiger partial charge in [0.25, 0.3) is 5.91 Å². The average Bonchev–Trinajstić information content (AvgIpc) is 2.78.